The second-order valence-electron chi connectivity index (χ2n) is 7.64. The Morgan fingerprint density at radius 2 is 1.72 bits per heavy atom. The number of fused-ring (bicyclic) bond motifs is 1. The molecule has 168 valence electrons. The molecule has 0 aromatic heterocycles. The van der Waals surface area contributed by atoms with E-state index in [0.717, 1.165) is 48.4 Å². The van der Waals surface area contributed by atoms with Crippen molar-refractivity contribution in [1.29, 1.82) is 0 Å². The highest BCUT2D eigenvalue weighted by atomic mass is 32.2. The zero-order valence-electron chi connectivity index (χ0n) is 18.3. The summed E-state index contributed by atoms with van der Waals surface area (Å²) in [5.41, 5.74) is 2.28. The summed E-state index contributed by atoms with van der Waals surface area (Å²) in [5, 5.41) is 8.46. The van der Waals surface area contributed by atoms with Crippen LogP contribution in [-0.4, -0.2) is 59.8 Å². The molecular formula is C25H27FN2O3S. The average molecular weight is 455 g/mol. The molecule has 0 bridgehead atoms. The molecule has 1 saturated heterocycles. The highest BCUT2D eigenvalue weighted by Crippen LogP contribution is 2.27. The molecule has 3 aromatic rings. The van der Waals surface area contributed by atoms with Gasteiger partial charge < -0.3 is 10.0 Å². The summed E-state index contributed by atoms with van der Waals surface area (Å²) in [5.74, 6) is -0.387. The summed E-state index contributed by atoms with van der Waals surface area (Å²) in [6.07, 6.45) is 0.828. The third-order valence-corrected chi connectivity index (χ3v) is 6.55. The smallest absolute Gasteiger partial charge is 0.290 e. The molecule has 1 heterocycles. The summed E-state index contributed by atoms with van der Waals surface area (Å²) in [6.45, 7) is 6.01. The minimum atomic E-state index is -0.324. The van der Waals surface area contributed by atoms with E-state index in [4.69, 9.17) is 9.90 Å². The molecule has 0 aliphatic carbocycles. The zero-order chi connectivity index (χ0) is 23.1. The molecule has 32 heavy (non-hydrogen) atoms. The Hall–Kier alpha value is -2.74. The maximum atomic E-state index is 13.8. The van der Waals surface area contributed by atoms with Crippen molar-refractivity contribution in [2.75, 3.05) is 33.2 Å². The van der Waals surface area contributed by atoms with Crippen LogP contribution in [-0.2, 0) is 11.2 Å². The van der Waals surface area contributed by atoms with Gasteiger partial charge in [-0.3, -0.25) is 9.59 Å². The lowest BCUT2D eigenvalue weighted by atomic mass is 9.94. The summed E-state index contributed by atoms with van der Waals surface area (Å²) >= 11 is 1.74. The van der Waals surface area contributed by atoms with Crippen molar-refractivity contribution in [2.24, 2.45) is 0 Å². The number of hydrogen-bond acceptors (Lipinski definition) is 5. The van der Waals surface area contributed by atoms with Gasteiger partial charge >= 0.3 is 0 Å². The Morgan fingerprint density at radius 1 is 1.06 bits per heavy atom. The van der Waals surface area contributed by atoms with E-state index in [9.17, 15) is 9.18 Å². The highest BCUT2D eigenvalue weighted by Gasteiger charge is 2.17. The molecule has 4 rings (SSSR count). The number of carbonyl (C=O) groups is 2. The van der Waals surface area contributed by atoms with Gasteiger partial charge in [0.2, 0.25) is 0 Å². The Kier molecular flexibility index (Phi) is 8.39. The van der Waals surface area contributed by atoms with Crippen LogP contribution < -0.4 is 0 Å². The second kappa shape index (κ2) is 11.2. The summed E-state index contributed by atoms with van der Waals surface area (Å²) in [7, 11) is 2.14. The van der Waals surface area contributed by atoms with E-state index < -0.39 is 0 Å². The minimum absolute atomic E-state index is 0.0629. The van der Waals surface area contributed by atoms with E-state index in [0.29, 0.717) is 16.5 Å². The fourth-order valence-electron chi connectivity index (χ4n) is 3.64. The predicted molar refractivity (Wildman–Crippen MR) is 127 cm³/mol. The molecule has 0 saturated carbocycles. The first-order valence-corrected chi connectivity index (χ1v) is 11.3. The number of carboxylic acid groups (broad SMARTS) is 1. The fourth-order valence-corrected chi connectivity index (χ4v) is 4.54. The van der Waals surface area contributed by atoms with Crippen molar-refractivity contribution >= 4 is 35.0 Å². The first-order valence-electron chi connectivity index (χ1n) is 10.5. The van der Waals surface area contributed by atoms with E-state index in [1.54, 1.807) is 18.0 Å². The number of aryl methyl sites for hydroxylation is 1. The molecule has 0 atom stereocenters. The molecule has 0 spiro atoms. The van der Waals surface area contributed by atoms with Crippen LogP contribution in [0.15, 0.2) is 59.5 Å². The van der Waals surface area contributed by atoms with Crippen molar-refractivity contribution in [3.63, 3.8) is 0 Å². The highest BCUT2D eigenvalue weighted by molar-refractivity contribution is 7.97. The predicted octanol–water partition coefficient (Wildman–Crippen LogP) is 4.73. The molecule has 0 radical (unpaired) electrons. The van der Waals surface area contributed by atoms with E-state index in [1.165, 1.54) is 12.1 Å². The van der Waals surface area contributed by atoms with Gasteiger partial charge in [-0.2, -0.15) is 0 Å². The third-order valence-electron chi connectivity index (χ3n) is 5.44. The number of hydrogen-bond donors (Lipinski definition) is 1. The van der Waals surface area contributed by atoms with Gasteiger partial charge in [-0.25, -0.2) is 8.70 Å². The van der Waals surface area contributed by atoms with Crippen LogP contribution in [0.2, 0.25) is 0 Å². The number of benzene rings is 3. The van der Waals surface area contributed by atoms with Gasteiger partial charge in [0, 0.05) is 42.2 Å². The molecule has 7 heteroatoms. The first kappa shape index (κ1) is 23.9. The second-order valence-corrected chi connectivity index (χ2v) is 8.82. The normalized spacial score (nSPS) is 14.6. The molecule has 5 nitrogen and oxygen atoms in total. The fraction of sp³-hybridized carbons (Fsp3) is 0.280. The summed E-state index contributed by atoms with van der Waals surface area (Å²) < 4.78 is 16.2. The van der Waals surface area contributed by atoms with Crippen LogP contribution >= 0.6 is 11.9 Å². The van der Waals surface area contributed by atoms with Crippen molar-refractivity contribution in [3.8, 4) is 0 Å². The van der Waals surface area contributed by atoms with Crippen LogP contribution in [0.5, 0.6) is 0 Å². The van der Waals surface area contributed by atoms with Crippen molar-refractivity contribution in [2.45, 2.75) is 18.2 Å². The molecule has 0 amide bonds. The molecule has 1 N–H and O–H groups in total. The minimum Gasteiger partial charge on any atom is -0.483 e. The van der Waals surface area contributed by atoms with Gasteiger partial charge in [0.1, 0.15) is 5.82 Å². The lowest BCUT2D eigenvalue weighted by Crippen LogP contribution is -2.40. The number of halogens is 1. The number of rotatable bonds is 5. The van der Waals surface area contributed by atoms with Crippen LogP contribution in [0.4, 0.5) is 4.39 Å². The van der Waals surface area contributed by atoms with Gasteiger partial charge in [-0.15, -0.1) is 0 Å². The number of ketones is 1. The van der Waals surface area contributed by atoms with Crippen molar-refractivity contribution in [3.05, 3.63) is 77.1 Å². The zero-order valence-corrected chi connectivity index (χ0v) is 19.1. The van der Waals surface area contributed by atoms with E-state index in [2.05, 4.69) is 23.2 Å². The Labute approximate surface area is 192 Å². The average Bonchev–Trinajstić information content (AvgIpc) is 2.80. The number of carbonyl (C=O) groups excluding carboxylic acids is 1. The van der Waals surface area contributed by atoms with Gasteiger partial charge in [-0.05, 0) is 84.2 Å². The van der Waals surface area contributed by atoms with Gasteiger partial charge in [0.15, 0.2) is 5.78 Å². The SMILES string of the molecule is CCc1cc(C(=O)c2ccc(SN3CCN(C)CC3)cc2)c2cc(F)ccc2c1.O=CO. The van der Waals surface area contributed by atoms with Gasteiger partial charge in [0.05, 0.1) is 0 Å². The molecule has 1 aliphatic rings. The van der Waals surface area contributed by atoms with Crippen LogP contribution in [0, 0.1) is 5.82 Å². The van der Waals surface area contributed by atoms with Crippen LogP contribution in [0.1, 0.15) is 28.4 Å². The molecule has 1 aliphatic heterocycles. The standard InChI is InChI=1S/C24H25FN2OS.CH2O2/c1-3-17-14-19-4-7-20(25)16-22(19)23(15-17)24(28)18-5-8-21(9-6-18)29-27-12-10-26(2)11-13-27;2-1-3/h4-9,14-16H,3,10-13H2,1-2H3;1H,(H,2,3). The van der Waals surface area contributed by atoms with Crippen molar-refractivity contribution < 1.29 is 19.1 Å². The number of likely N-dealkylation sites (N-methyl/N-ethyl adjacent to an activating group) is 1. The Morgan fingerprint density at radius 3 is 2.34 bits per heavy atom. The van der Waals surface area contributed by atoms with Crippen LogP contribution in [0.3, 0.4) is 0 Å². The maximum Gasteiger partial charge on any atom is 0.290 e. The summed E-state index contributed by atoms with van der Waals surface area (Å²) in [6, 6.07) is 16.3. The lowest BCUT2D eigenvalue weighted by Gasteiger charge is -2.31. The van der Waals surface area contributed by atoms with E-state index in [1.807, 2.05) is 36.4 Å². The van der Waals surface area contributed by atoms with Gasteiger partial charge in [-0.1, -0.05) is 19.1 Å². The van der Waals surface area contributed by atoms with E-state index >= 15 is 0 Å². The number of nitrogens with zero attached hydrogens (tertiary/aromatic N) is 2. The quantitative estimate of drug-likeness (QED) is 0.342. The third kappa shape index (κ3) is 5.94. The van der Waals surface area contributed by atoms with E-state index in [-0.39, 0.29) is 18.1 Å². The largest absolute Gasteiger partial charge is 0.483 e. The van der Waals surface area contributed by atoms with Gasteiger partial charge in [0.25, 0.3) is 6.47 Å². The topological polar surface area (TPSA) is 60.9 Å². The Bertz CT molecular complexity index is 1080. The number of piperazine rings is 1. The van der Waals surface area contributed by atoms with Crippen molar-refractivity contribution in [1.82, 2.24) is 9.21 Å². The molecule has 1 fully saturated rings. The molecular weight excluding hydrogens is 427 g/mol. The van der Waals surface area contributed by atoms with Crippen LogP contribution in [0.25, 0.3) is 10.8 Å². The maximum absolute atomic E-state index is 13.8. The lowest BCUT2D eigenvalue weighted by molar-refractivity contribution is -0.122. The monoisotopic (exact) mass is 454 g/mol. The first-order chi connectivity index (χ1) is 15.4. The Balaban J connectivity index is 0.000000913. The molecule has 3 aromatic carbocycles. The molecule has 0 unspecified atom stereocenters. The summed E-state index contributed by atoms with van der Waals surface area (Å²) in [4.78, 5) is 25.1.